The number of hydrogen-bond acceptors (Lipinski definition) is 5. The molecule has 2 aliphatic heterocycles. The molecule has 8 rings (SSSR count). The highest BCUT2D eigenvalue weighted by molar-refractivity contribution is 5.94. The van der Waals surface area contributed by atoms with Crippen LogP contribution >= 0.6 is 0 Å². The molecule has 1 aromatic heterocycles. The Kier molecular flexibility index (Phi) is 7.28. The van der Waals surface area contributed by atoms with Crippen molar-refractivity contribution in [2.24, 2.45) is 0 Å². The third kappa shape index (κ3) is 4.78. The molecule has 3 atom stereocenters. The Morgan fingerprint density at radius 3 is 2.19 bits per heavy atom. The molecule has 8 nitrogen and oxygen atoms in total. The zero-order valence-electron chi connectivity index (χ0n) is 26.1. The van der Waals surface area contributed by atoms with Crippen molar-refractivity contribution in [3.63, 3.8) is 0 Å². The standard InChI is InChI=1S/C39H35N3O5/c1-46-38(44)34-22-30-29-18-9-10-19-32(29)40-35(30)36(24-12-3-2-4-13-24)42(34)37(43)33-20-11-21-41(33)39(45)47-23-31-27-16-7-5-14-25(27)26-15-6-8-17-28(26)31/h2-10,12-19,31,33-34,36,40H,11,20-23H2,1H3/t33-,34-,36+/m0/s1. The molecule has 1 saturated heterocycles. The topological polar surface area (TPSA) is 91.9 Å². The molecule has 0 unspecified atom stereocenters. The minimum atomic E-state index is -0.866. The van der Waals surface area contributed by atoms with Crippen molar-refractivity contribution < 1.29 is 23.9 Å². The van der Waals surface area contributed by atoms with Gasteiger partial charge in [-0.15, -0.1) is 0 Å². The van der Waals surface area contributed by atoms with E-state index in [0.29, 0.717) is 25.8 Å². The summed E-state index contributed by atoms with van der Waals surface area (Å²) in [5.74, 6) is -0.859. The van der Waals surface area contributed by atoms with Crippen LogP contribution in [0.3, 0.4) is 0 Å². The van der Waals surface area contributed by atoms with Crippen molar-refractivity contribution in [3.8, 4) is 11.1 Å². The predicted octanol–water partition coefficient (Wildman–Crippen LogP) is 6.60. The number of nitrogens with one attached hydrogen (secondary N) is 1. The first-order valence-corrected chi connectivity index (χ1v) is 16.2. The van der Waals surface area contributed by atoms with Gasteiger partial charge in [0.2, 0.25) is 5.91 Å². The number of amides is 2. The summed E-state index contributed by atoms with van der Waals surface area (Å²) in [6, 6.07) is 31.9. The summed E-state index contributed by atoms with van der Waals surface area (Å²) in [6.45, 7) is 0.571. The second kappa shape index (κ2) is 11.8. The van der Waals surface area contributed by atoms with Gasteiger partial charge in [-0.2, -0.15) is 0 Å². The molecule has 0 saturated carbocycles. The van der Waals surface area contributed by atoms with E-state index in [0.717, 1.165) is 50.0 Å². The summed E-state index contributed by atoms with van der Waals surface area (Å²) in [5.41, 5.74) is 8.24. The van der Waals surface area contributed by atoms with Crippen LogP contribution in [-0.2, 0) is 25.5 Å². The number of carbonyl (C=O) groups excluding carboxylic acids is 3. The fourth-order valence-electron chi connectivity index (χ4n) is 7.95. The van der Waals surface area contributed by atoms with Crippen LogP contribution in [0.5, 0.6) is 0 Å². The smallest absolute Gasteiger partial charge is 0.410 e. The molecule has 1 aliphatic carbocycles. The summed E-state index contributed by atoms with van der Waals surface area (Å²) >= 11 is 0. The third-order valence-electron chi connectivity index (χ3n) is 10.1. The number of methoxy groups -OCH3 is 1. The minimum absolute atomic E-state index is 0.0863. The van der Waals surface area contributed by atoms with Gasteiger partial charge >= 0.3 is 12.1 Å². The normalized spacial score (nSPS) is 20.1. The number of carbonyl (C=O) groups is 3. The fourth-order valence-corrected chi connectivity index (χ4v) is 7.95. The van der Waals surface area contributed by atoms with Crippen LogP contribution in [0.25, 0.3) is 22.0 Å². The van der Waals surface area contributed by atoms with Gasteiger partial charge in [0.15, 0.2) is 0 Å². The van der Waals surface area contributed by atoms with E-state index in [2.05, 4.69) is 29.2 Å². The first kappa shape index (κ1) is 29.1. The summed E-state index contributed by atoms with van der Waals surface area (Å²) in [7, 11) is 1.35. The lowest BCUT2D eigenvalue weighted by atomic mass is 9.87. The number of fused-ring (bicyclic) bond motifs is 6. The number of para-hydroxylation sites is 1. The van der Waals surface area contributed by atoms with Crippen molar-refractivity contribution in [2.45, 2.75) is 43.3 Å². The highest BCUT2D eigenvalue weighted by atomic mass is 16.6. The van der Waals surface area contributed by atoms with Gasteiger partial charge in [0.1, 0.15) is 18.7 Å². The number of likely N-dealkylation sites (tertiary alicyclic amines) is 1. The maximum Gasteiger partial charge on any atom is 0.410 e. The van der Waals surface area contributed by atoms with E-state index >= 15 is 0 Å². The van der Waals surface area contributed by atoms with Crippen LogP contribution in [0.4, 0.5) is 4.79 Å². The lowest BCUT2D eigenvalue weighted by molar-refractivity contribution is -0.156. The maximum atomic E-state index is 14.8. The number of ether oxygens (including phenoxy) is 2. The molecule has 8 heteroatoms. The SMILES string of the molecule is COC(=O)[C@@H]1Cc2c([nH]c3ccccc23)[C@@H](c2ccccc2)N1C(=O)[C@@H]1CCCN1C(=O)OCC1c2ccccc2-c2ccccc21. The molecule has 47 heavy (non-hydrogen) atoms. The van der Waals surface area contributed by atoms with Gasteiger partial charge in [-0.1, -0.05) is 97.1 Å². The van der Waals surface area contributed by atoms with Crippen LogP contribution in [0.1, 0.15) is 52.7 Å². The zero-order chi connectivity index (χ0) is 32.1. The van der Waals surface area contributed by atoms with E-state index in [-0.39, 0.29) is 18.4 Å². The summed E-state index contributed by atoms with van der Waals surface area (Å²) in [6.07, 6.45) is 0.926. The van der Waals surface area contributed by atoms with Crippen LogP contribution < -0.4 is 0 Å². The molecule has 5 aromatic rings. The van der Waals surface area contributed by atoms with Crippen molar-refractivity contribution >= 4 is 28.9 Å². The van der Waals surface area contributed by atoms with Crippen molar-refractivity contribution in [2.75, 3.05) is 20.3 Å². The number of rotatable bonds is 5. The highest BCUT2D eigenvalue weighted by Gasteiger charge is 2.48. The number of nitrogens with zero attached hydrogens (tertiary/aromatic N) is 2. The van der Waals surface area contributed by atoms with Gasteiger partial charge in [-0.05, 0) is 52.3 Å². The predicted molar refractivity (Wildman–Crippen MR) is 178 cm³/mol. The van der Waals surface area contributed by atoms with Gasteiger partial charge < -0.3 is 19.4 Å². The van der Waals surface area contributed by atoms with Gasteiger partial charge in [-0.25, -0.2) is 9.59 Å². The molecule has 3 aliphatic rings. The highest BCUT2D eigenvalue weighted by Crippen LogP contribution is 2.45. The van der Waals surface area contributed by atoms with Gasteiger partial charge in [0, 0.05) is 35.5 Å². The molecule has 2 amide bonds. The van der Waals surface area contributed by atoms with Gasteiger partial charge in [-0.3, -0.25) is 9.69 Å². The van der Waals surface area contributed by atoms with Crippen molar-refractivity contribution in [3.05, 3.63) is 131 Å². The van der Waals surface area contributed by atoms with Crippen LogP contribution in [0.15, 0.2) is 103 Å². The first-order valence-electron chi connectivity index (χ1n) is 16.2. The quantitative estimate of drug-likeness (QED) is 0.222. The Balaban J connectivity index is 1.11. The van der Waals surface area contributed by atoms with E-state index in [1.54, 1.807) is 9.80 Å². The number of H-pyrrole nitrogens is 1. The number of benzene rings is 4. The second-order valence-electron chi connectivity index (χ2n) is 12.5. The molecule has 3 heterocycles. The Bertz CT molecular complexity index is 1960. The zero-order valence-corrected chi connectivity index (χ0v) is 26.1. The minimum Gasteiger partial charge on any atom is -0.467 e. The Morgan fingerprint density at radius 1 is 0.809 bits per heavy atom. The Labute approximate surface area is 272 Å². The van der Waals surface area contributed by atoms with E-state index in [4.69, 9.17) is 9.47 Å². The first-order chi connectivity index (χ1) is 23.0. The van der Waals surface area contributed by atoms with Gasteiger partial charge in [0.05, 0.1) is 13.2 Å². The average Bonchev–Trinajstić information content (AvgIpc) is 3.84. The van der Waals surface area contributed by atoms with E-state index in [1.807, 2.05) is 78.9 Å². The lowest BCUT2D eigenvalue weighted by Crippen LogP contribution is -2.57. The Hall–Kier alpha value is -5.37. The number of aromatic amines is 1. The number of hydrogen-bond donors (Lipinski definition) is 1. The molecular weight excluding hydrogens is 590 g/mol. The van der Waals surface area contributed by atoms with Crippen LogP contribution in [0.2, 0.25) is 0 Å². The molecule has 1 N–H and O–H groups in total. The van der Waals surface area contributed by atoms with Crippen LogP contribution in [0, 0.1) is 0 Å². The average molecular weight is 626 g/mol. The summed E-state index contributed by atoms with van der Waals surface area (Å²) in [4.78, 5) is 48.8. The maximum absolute atomic E-state index is 14.8. The van der Waals surface area contributed by atoms with Crippen molar-refractivity contribution in [1.82, 2.24) is 14.8 Å². The fraction of sp³-hybridized carbons (Fsp3) is 0.256. The third-order valence-corrected chi connectivity index (χ3v) is 10.1. The summed E-state index contributed by atoms with van der Waals surface area (Å²) < 4.78 is 11.3. The van der Waals surface area contributed by atoms with E-state index in [9.17, 15) is 14.4 Å². The second-order valence-corrected chi connectivity index (χ2v) is 12.5. The molecule has 4 aromatic carbocycles. The van der Waals surface area contributed by atoms with E-state index < -0.39 is 30.2 Å². The molecule has 0 spiro atoms. The molecular formula is C39H35N3O5. The molecule has 0 radical (unpaired) electrons. The monoisotopic (exact) mass is 625 g/mol. The summed E-state index contributed by atoms with van der Waals surface area (Å²) in [5, 5.41) is 1.02. The number of esters is 1. The molecule has 236 valence electrons. The lowest BCUT2D eigenvalue weighted by Gasteiger charge is -2.43. The van der Waals surface area contributed by atoms with E-state index in [1.165, 1.54) is 7.11 Å². The largest absolute Gasteiger partial charge is 0.467 e. The molecule has 1 fully saturated rings. The van der Waals surface area contributed by atoms with Crippen molar-refractivity contribution in [1.29, 1.82) is 0 Å². The molecule has 0 bridgehead atoms. The Morgan fingerprint density at radius 2 is 1.47 bits per heavy atom. The number of aromatic nitrogens is 1. The van der Waals surface area contributed by atoms with Gasteiger partial charge in [0.25, 0.3) is 0 Å². The van der Waals surface area contributed by atoms with Crippen LogP contribution in [-0.4, -0.2) is 65.1 Å².